The van der Waals surface area contributed by atoms with E-state index in [9.17, 15) is 9.90 Å². The van der Waals surface area contributed by atoms with Crippen molar-refractivity contribution in [3.05, 3.63) is 29.8 Å². The van der Waals surface area contributed by atoms with Gasteiger partial charge in [0.15, 0.2) is 0 Å². The standard InChI is InChI=1S/C15H22N2O2/c1-12(10-13-2-4-14(18)5-3-13)11-15(19)17-8-6-16-7-9-17/h2-5,12,16,18H,6-11H2,1H3. The quantitative estimate of drug-likeness (QED) is 0.862. The molecule has 1 aliphatic heterocycles. The third-order valence-corrected chi connectivity index (χ3v) is 3.51. The summed E-state index contributed by atoms with van der Waals surface area (Å²) in [7, 11) is 0. The molecule has 0 aliphatic carbocycles. The predicted octanol–water partition coefficient (Wildman–Crippen LogP) is 1.39. The zero-order valence-corrected chi connectivity index (χ0v) is 11.4. The molecule has 1 unspecified atom stereocenters. The van der Waals surface area contributed by atoms with Crippen molar-refractivity contribution in [2.24, 2.45) is 5.92 Å². The highest BCUT2D eigenvalue weighted by molar-refractivity contribution is 5.76. The van der Waals surface area contributed by atoms with E-state index in [0.29, 0.717) is 12.3 Å². The van der Waals surface area contributed by atoms with Gasteiger partial charge in [0.2, 0.25) is 5.91 Å². The van der Waals surface area contributed by atoms with Crippen LogP contribution in [0.15, 0.2) is 24.3 Å². The molecular weight excluding hydrogens is 240 g/mol. The fourth-order valence-corrected chi connectivity index (χ4v) is 2.45. The summed E-state index contributed by atoms with van der Waals surface area (Å²) in [6, 6.07) is 7.22. The lowest BCUT2D eigenvalue weighted by Gasteiger charge is -2.28. The Morgan fingerprint density at radius 3 is 2.58 bits per heavy atom. The first-order valence-electron chi connectivity index (χ1n) is 6.91. The van der Waals surface area contributed by atoms with Crippen LogP contribution in [0.25, 0.3) is 0 Å². The highest BCUT2D eigenvalue weighted by Crippen LogP contribution is 2.16. The van der Waals surface area contributed by atoms with Gasteiger partial charge in [-0.25, -0.2) is 0 Å². The molecule has 0 saturated carbocycles. The first kappa shape index (κ1) is 13.9. The number of nitrogens with one attached hydrogen (secondary N) is 1. The van der Waals surface area contributed by atoms with Gasteiger partial charge in [0.25, 0.3) is 0 Å². The van der Waals surface area contributed by atoms with Crippen molar-refractivity contribution in [3.8, 4) is 5.75 Å². The van der Waals surface area contributed by atoms with E-state index in [4.69, 9.17) is 0 Å². The van der Waals surface area contributed by atoms with Crippen LogP contribution in [0.5, 0.6) is 5.75 Å². The van der Waals surface area contributed by atoms with Crippen molar-refractivity contribution < 1.29 is 9.90 Å². The summed E-state index contributed by atoms with van der Waals surface area (Å²) in [4.78, 5) is 14.1. The van der Waals surface area contributed by atoms with E-state index in [-0.39, 0.29) is 11.7 Å². The molecule has 0 bridgehead atoms. The number of benzene rings is 1. The highest BCUT2D eigenvalue weighted by Gasteiger charge is 2.18. The van der Waals surface area contributed by atoms with Crippen molar-refractivity contribution in [2.45, 2.75) is 19.8 Å². The van der Waals surface area contributed by atoms with Gasteiger partial charge < -0.3 is 15.3 Å². The van der Waals surface area contributed by atoms with Gasteiger partial charge in [-0.1, -0.05) is 19.1 Å². The molecule has 1 amide bonds. The van der Waals surface area contributed by atoms with Gasteiger partial charge in [-0.2, -0.15) is 0 Å². The van der Waals surface area contributed by atoms with Crippen molar-refractivity contribution >= 4 is 5.91 Å². The molecule has 2 rings (SSSR count). The van der Waals surface area contributed by atoms with Gasteiger partial charge in [-0.3, -0.25) is 4.79 Å². The van der Waals surface area contributed by atoms with E-state index in [0.717, 1.165) is 32.6 Å². The summed E-state index contributed by atoms with van der Waals surface area (Å²) < 4.78 is 0. The topological polar surface area (TPSA) is 52.6 Å². The molecule has 0 aromatic heterocycles. The van der Waals surface area contributed by atoms with Crippen molar-refractivity contribution in [1.82, 2.24) is 10.2 Å². The second-order valence-corrected chi connectivity index (χ2v) is 5.31. The summed E-state index contributed by atoms with van der Waals surface area (Å²) in [6.07, 6.45) is 1.47. The first-order chi connectivity index (χ1) is 9.15. The van der Waals surface area contributed by atoms with Crippen LogP contribution in [0.4, 0.5) is 0 Å². The molecule has 1 fully saturated rings. The maximum absolute atomic E-state index is 12.1. The van der Waals surface area contributed by atoms with Crippen molar-refractivity contribution in [1.29, 1.82) is 0 Å². The molecule has 0 radical (unpaired) electrons. The van der Waals surface area contributed by atoms with Crippen molar-refractivity contribution in [2.75, 3.05) is 26.2 Å². The average Bonchev–Trinajstić information content (AvgIpc) is 2.42. The summed E-state index contributed by atoms with van der Waals surface area (Å²) in [6.45, 7) is 5.55. The second kappa shape index (κ2) is 6.57. The summed E-state index contributed by atoms with van der Waals surface area (Å²) in [5.41, 5.74) is 1.17. The fourth-order valence-electron chi connectivity index (χ4n) is 2.45. The number of rotatable bonds is 4. The molecule has 2 N–H and O–H groups in total. The van der Waals surface area contributed by atoms with Crippen LogP contribution >= 0.6 is 0 Å². The number of phenolic OH excluding ortho intramolecular Hbond substituents is 1. The molecule has 0 spiro atoms. The molecule has 19 heavy (non-hydrogen) atoms. The molecule has 104 valence electrons. The number of aromatic hydroxyl groups is 1. The van der Waals surface area contributed by atoms with Crippen LogP contribution in [0.1, 0.15) is 18.9 Å². The van der Waals surface area contributed by atoms with Gasteiger partial charge in [-0.05, 0) is 30.0 Å². The summed E-state index contributed by atoms with van der Waals surface area (Å²) in [5, 5.41) is 12.5. The Hall–Kier alpha value is -1.55. The number of hydrogen-bond donors (Lipinski definition) is 2. The van der Waals surface area contributed by atoms with Crippen LogP contribution in [0, 0.1) is 5.92 Å². The fraction of sp³-hybridized carbons (Fsp3) is 0.533. The van der Waals surface area contributed by atoms with Crippen LogP contribution in [0.2, 0.25) is 0 Å². The van der Waals surface area contributed by atoms with Gasteiger partial charge in [0.1, 0.15) is 5.75 Å². The van der Waals surface area contributed by atoms with E-state index in [1.807, 2.05) is 17.0 Å². The number of carbonyl (C=O) groups excluding carboxylic acids is 1. The Bertz CT molecular complexity index is 411. The molecule has 1 atom stereocenters. The lowest BCUT2D eigenvalue weighted by Crippen LogP contribution is -2.46. The molecule has 1 heterocycles. The van der Waals surface area contributed by atoms with Gasteiger partial charge in [-0.15, -0.1) is 0 Å². The zero-order chi connectivity index (χ0) is 13.7. The Kier molecular flexibility index (Phi) is 4.80. The van der Waals surface area contributed by atoms with Crippen molar-refractivity contribution in [3.63, 3.8) is 0 Å². The minimum Gasteiger partial charge on any atom is -0.508 e. The minimum absolute atomic E-state index is 0.257. The third kappa shape index (κ3) is 4.24. The molecule has 4 nitrogen and oxygen atoms in total. The van der Waals surface area contributed by atoms with E-state index in [1.54, 1.807) is 12.1 Å². The Balaban J connectivity index is 1.81. The van der Waals surface area contributed by atoms with E-state index in [1.165, 1.54) is 5.56 Å². The van der Waals surface area contributed by atoms with E-state index in [2.05, 4.69) is 12.2 Å². The maximum atomic E-state index is 12.1. The number of amides is 1. The van der Waals surface area contributed by atoms with Crippen LogP contribution in [-0.2, 0) is 11.2 Å². The molecule has 4 heteroatoms. The molecular formula is C15H22N2O2. The zero-order valence-electron chi connectivity index (χ0n) is 11.4. The molecule has 1 aliphatic rings. The van der Waals surface area contributed by atoms with Gasteiger partial charge in [0.05, 0.1) is 0 Å². The Morgan fingerprint density at radius 2 is 1.95 bits per heavy atom. The summed E-state index contributed by atoms with van der Waals surface area (Å²) in [5.74, 6) is 0.869. The second-order valence-electron chi connectivity index (χ2n) is 5.31. The Morgan fingerprint density at radius 1 is 1.32 bits per heavy atom. The van der Waals surface area contributed by atoms with Gasteiger partial charge >= 0.3 is 0 Å². The smallest absolute Gasteiger partial charge is 0.222 e. The lowest BCUT2D eigenvalue weighted by atomic mass is 9.97. The van der Waals surface area contributed by atoms with E-state index >= 15 is 0 Å². The lowest BCUT2D eigenvalue weighted by molar-refractivity contribution is -0.132. The number of phenols is 1. The molecule has 1 aromatic rings. The molecule has 1 saturated heterocycles. The normalized spacial score (nSPS) is 17.2. The first-order valence-corrected chi connectivity index (χ1v) is 6.91. The van der Waals surface area contributed by atoms with Crippen LogP contribution in [-0.4, -0.2) is 42.1 Å². The highest BCUT2D eigenvalue weighted by atomic mass is 16.3. The average molecular weight is 262 g/mol. The van der Waals surface area contributed by atoms with E-state index < -0.39 is 0 Å². The van der Waals surface area contributed by atoms with Gasteiger partial charge in [0, 0.05) is 32.6 Å². The molecule has 1 aromatic carbocycles. The largest absolute Gasteiger partial charge is 0.508 e. The van der Waals surface area contributed by atoms with Crippen LogP contribution in [0.3, 0.4) is 0 Å². The number of hydrogen-bond acceptors (Lipinski definition) is 3. The number of piperazine rings is 1. The number of carbonyl (C=O) groups is 1. The minimum atomic E-state index is 0.257. The number of nitrogens with zero attached hydrogens (tertiary/aromatic N) is 1. The monoisotopic (exact) mass is 262 g/mol. The third-order valence-electron chi connectivity index (χ3n) is 3.51. The Labute approximate surface area is 114 Å². The maximum Gasteiger partial charge on any atom is 0.222 e. The van der Waals surface area contributed by atoms with Crippen LogP contribution < -0.4 is 5.32 Å². The predicted molar refractivity (Wildman–Crippen MR) is 75.0 cm³/mol. The SMILES string of the molecule is CC(CC(=O)N1CCNCC1)Cc1ccc(O)cc1. The summed E-state index contributed by atoms with van der Waals surface area (Å²) >= 11 is 0.